The van der Waals surface area contributed by atoms with Crippen molar-refractivity contribution in [3.05, 3.63) is 53.3 Å². The van der Waals surface area contributed by atoms with Crippen LogP contribution in [0, 0.1) is 6.92 Å². The van der Waals surface area contributed by atoms with Crippen molar-refractivity contribution in [2.75, 3.05) is 6.61 Å². The summed E-state index contributed by atoms with van der Waals surface area (Å²) in [5.74, 6) is -0.426. The van der Waals surface area contributed by atoms with Gasteiger partial charge in [0.1, 0.15) is 24.4 Å². The molecule has 1 aromatic carbocycles. The fourth-order valence-corrected chi connectivity index (χ4v) is 3.84. The lowest BCUT2D eigenvalue weighted by atomic mass is 9.83. The lowest BCUT2D eigenvalue weighted by molar-refractivity contribution is -0.233. The molecule has 0 spiro atoms. The van der Waals surface area contributed by atoms with E-state index in [0.717, 1.165) is 23.4 Å². The van der Waals surface area contributed by atoms with E-state index in [1.54, 1.807) is 32.0 Å². The lowest BCUT2D eigenvalue weighted by Gasteiger charge is -2.42. The first-order valence-electron chi connectivity index (χ1n) is 9.48. The Morgan fingerprint density at radius 1 is 1.03 bits per heavy atom. The average Bonchev–Trinajstić information content (AvgIpc) is 2.71. The highest BCUT2D eigenvalue weighted by molar-refractivity contribution is 5.65. The monoisotopic (exact) mass is 427 g/mol. The number of hydrogen-bond donors (Lipinski definition) is 4. The van der Waals surface area contributed by atoms with Gasteiger partial charge in [0, 0.05) is 23.9 Å². The first-order chi connectivity index (χ1) is 14.0. The van der Waals surface area contributed by atoms with E-state index in [1.807, 2.05) is 0 Å². The van der Waals surface area contributed by atoms with Crippen LogP contribution in [0.3, 0.4) is 0 Å². The van der Waals surface area contributed by atoms with E-state index in [-0.39, 0.29) is 0 Å². The summed E-state index contributed by atoms with van der Waals surface area (Å²) in [5.41, 5.74) is 1.53. The second kappa shape index (κ2) is 8.60. The molecule has 0 radical (unpaired) electrons. The van der Waals surface area contributed by atoms with Gasteiger partial charge in [-0.1, -0.05) is 25.1 Å². The molecule has 0 bridgehead atoms. The van der Waals surface area contributed by atoms with Crippen molar-refractivity contribution < 1.29 is 38.3 Å². The second-order valence-corrected chi connectivity index (χ2v) is 7.61. The largest absolute Gasteiger partial charge is 0.417 e. The highest BCUT2D eigenvalue weighted by atomic mass is 19.4. The van der Waals surface area contributed by atoms with Gasteiger partial charge in [0.15, 0.2) is 0 Å². The van der Waals surface area contributed by atoms with Gasteiger partial charge >= 0.3 is 6.18 Å². The molecule has 1 fully saturated rings. The average molecular weight is 427 g/mol. The van der Waals surface area contributed by atoms with Crippen LogP contribution in [0.1, 0.15) is 29.5 Å². The number of nitrogens with zero attached hydrogens (tertiary/aromatic N) is 1. The molecule has 164 valence electrons. The summed E-state index contributed by atoms with van der Waals surface area (Å²) in [6.07, 6.45) is -8.55. The minimum Gasteiger partial charge on any atom is -0.394 e. The van der Waals surface area contributed by atoms with Crippen molar-refractivity contribution in [2.45, 2.75) is 56.5 Å². The Labute approximate surface area is 171 Å². The predicted molar refractivity (Wildman–Crippen MR) is 102 cm³/mol. The third kappa shape index (κ3) is 4.35. The topological polar surface area (TPSA) is 103 Å². The molecule has 0 amide bonds. The number of halogens is 3. The molecular formula is C21H24F3NO5. The zero-order chi connectivity index (χ0) is 22.2. The highest BCUT2D eigenvalue weighted by Crippen LogP contribution is 2.35. The molecule has 2 heterocycles. The van der Waals surface area contributed by atoms with Gasteiger partial charge in [0.05, 0.1) is 18.3 Å². The number of aliphatic hydroxyl groups excluding tert-OH is 4. The molecule has 1 saturated heterocycles. The van der Waals surface area contributed by atoms with Crippen LogP contribution in [0.15, 0.2) is 36.7 Å². The summed E-state index contributed by atoms with van der Waals surface area (Å²) in [4.78, 5) is 3.68. The van der Waals surface area contributed by atoms with Gasteiger partial charge in [-0.2, -0.15) is 13.2 Å². The maximum atomic E-state index is 13.0. The molecule has 0 saturated carbocycles. The van der Waals surface area contributed by atoms with E-state index in [1.165, 1.54) is 6.20 Å². The summed E-state index contributed by atoms with van der Waals surface area (Å²) >= 11 is 0. The smallest absolute Gasteiger partial charge is 0.394 e. The number of alkyl halides is 3. The van der Waals surface area contributed by atoms with Crippen LogP contribution in [-0.4, -0.2) is 62.5 Å². The van der Waals surface area contributed by atoms with Gasteiger partial charge in [-0.3, -0.25) is 4.98 Å². The maximum Gasteiger partial charge on any atom is 0.417 e. The van der Waals surface area contributed by atoms with Crippen molar-refractivity contribution in [3.63, 3.8) is 0 Å². The Morgan fingerprint density at radius 3 is 2.33 bits per heavy atom. The van der Waals surface area contributed by atoms with Crippen LogP contribution >= 0.6 is 0 Å². The standard InChI is InChI=1S/C21H24F3NO5/c1-10-5-12(13-6-14(8-25-7-13)21(22,23)24)3-4-15(10)11(2)20-19(29)18(28)17(27)16(9-26)30-20/h3-8,11,16-20,26-29H,9H2,1-2H3/t11-,16?,17-,18+,19?,20-/m1/s1. The molecule has 4 N–H and O–H groups in total. The predicted octanol–water partition coefficient (Wildman–Crippen LogP) is 2.02. The lowest BCUT2D eigenvalue weighted by Crippen LogP contribution is -2.59. The number of benzene rings is 1. The van der Waals surface area contributed by atoms with E-state index in [0.29, 0.717) is 11.1 Å². The molecule has 6 nitrogen and oxygen atoms in total. The van der Waals surface area contributed by atoms with Crippen molar-refractivity contribution in [2.24, 2.45) is 0 Å². The van der Waals surface area contributed by atoms with Gasteiger partial charge in [-0.25, -0.2) is 0 Å². The Hall–Kier alpha value is -2.04. The van der Waals surface area contributed by atoms with E-state index in [9.17, 15) is 33.6 Å². The summed E-state index contributed by atoms with van der Waals surface area (Å²) in [5, 5.41) is 39.7. The number of hydrogen-bond acceptors (Lipinski definition) is 6. The summed E-state index contributed by atoms with van der Waals surface area (Å²) in [6.45, 7) is 3.02. The molecule has 1 aliphatic rings. The molecule has 6 atom stereocenters. The fraction of sp³-hybridized carbons (Fsp3) is 0.476. The Bertz CT molecular complexity index is 889. The minimum absolute atomic E-state index is 0.319. The van der Waals surface area contributed by atoms with Crippen LogP contribution in [-0.2, 0) is 10.9 Å². The molecule has 1 aromatic heterocycles. The summed E-state index contributed by atoms with van der Waals surface area (Å²) < 4.78 is 44.5. The minimum atomic E-state index is -4.49. The molecule has 1 aliphatic heterocycles. The van der Waals surface area contributed by atoms with Crippen LogP contribution in [0.2, 0.25) is 0 Å². The molecule has 0 aliphatic carbocycles. The number of aliphatic hydroxyl groups is 4. The Morgan fingerprint density at radius 2 is 1.73 bits per heavy atom. The van der Waals surface area contributed by atoms with Crippen molar-refractivity contribution in [1.29, 1.82) is 0 Å². The molecular weight excluding hydrogens is 403 g/mol. The van der Waals surface area contributed by atoms with E-state index in [2.05, 4.69) is 4.98 Å². The van der Waals surface area contributed by atoms with Crippen molar-refractivity contribution in [1.82, 2.24) is 4.98 Å². The summed E-state index contributed by atoms with van der Waals surface area (Å²) in [6, 6.07) is 6.12. The van der Waals surface area contributed by atoms with E-state index >= 15 is 0 Å². The summed E-state index contributed by atoms with van der Waals surface area (Å²) in [7, 11) is 0. The first kappa shape index (κ1) is 22.6. The van der Waals surface area contributed by atoms with Crippen molar-refractivity contribution >= 4 is 0 Å². The maximum absolute atomic E-state index is 13.0. The van der Waals surface area contributed by atoms with Gasteiger partial charge in [-0.15, -0.1) is 0 Å². The zero-order valence-corrected chi connectivity index (χ0v) is 16.4. The first-order valence-corrected chi connectivity index (χ1v) is 9.48. The van der Waals surface area contributed by atoms with Gasteiger partial charge in [0.2, 0.25) is 0 Å². The zero-order valence-electron chi connectivity index (χ0n) is 16.4. The number of pyridine rings is 1. The third-order valence-electron chi connectivity index (χ3n) is 5.58. The van der Waals surface area contributed by atoms with Crippen LogP contribution in [0.25, 0.3) is 11.1 Å². The van der Waals surface area contributed by atoms with Gasteiger partial charge in [-0.05, 0) is 29.7 Å². The molecule has 3 rings (SSSR count). The third-order valence-corrected chi connectivity index (χ3v) is 5.58. The molecule has 2 aromatic rings. The second-order valence-electron chi connectivity index (χ2n) is 7.61. The quantitative estimate of drug-likeness (QED) is 0.596. The highest BCUT2D eigenvalue weighted by Gasteiger charge is 2.45. The Balaban J connectivity index is 1.88. The van der Waals surface area contributed by atoms with Gasteiger partial charge < -0.3 is 25.2 Å². The van der Waals surface area contributed by atoms with E-state index in [4.69, 9.17) is 4.74 Å². The van der Waals surface area contributed by atoms with Crippen LogP contribution in [0.5, 0.6) is 0 Å². The fourth-order valence-electron chi connectivity index (χ4n) is 3.84. The normalized spacial score (nSPS) is 28.4. The molecule has 9 heteroatoms. The van der Waals surface area contributed by atoms with Crippen LogP contribution in [0.4, 0.5) is 13.2 Å². The number of rotatable bonds is 4. The SMILES string of the molecule is Cc1cc(-c2cncc(C(F)(F)F)c2)ccc1[C@@H](C)[C@H]1OC(CO)[C@@H](O)[C@H](O)C1O. The van der Waals surface area contributed by atoms with Gasteiger partial charge in [0.25, 0.3) is 0 Å². The van der Waals surface area contributed by atoms with Crippen LogP contribution < -0.4 is 0 Å². The number of aryl methyl sites for hydroxylation is 1. The number of ether oxygens (including phenoxy) is 1. The Kier molecular flexibility index (Phi) is 6.49. The molecule has 2 unspecified atom stereocenters. The van der Waals surface area contributed by atoms with Crippen molar-refractivity contribution in [3.8, 4) is 11.1 Å². The molecule has 30 heavy (non-hydrogen) atoms. The van der Waals surface area contributed by atoms with E-state index < -0.39 is 54.8 Å². The number of aromatic nitrogens is 1.